The number of carboxylic acids is 1. The smallest absolute Gasteiger partial charge is 0.870 e. The Morgan fingerprint density at radius 3 is 1.53 bits per heavy atom. The van der Waals surface area contributed by atoms with E-state index in [0.717, 1.165) is 0 Å². The van der Waals surface area contributed by atoms with Gasteiger partial charge in [-0.15, -0.1) is 0 Å². The molecule has 0 bridgehead atoms. The van der Waals surface area contributed by atoms with Crippen LogP contribution in [0.5, 0.6) is 0 Å². The molecule has 0 fully saturated rings. The van der Waals surface area contributed by atoms with Gasteiger partial charge in [-0.25, -0.2) is 4.79 Å². The second kappa shape index (κ2) is 13.8. The van der Waals surface area contributed by atoms with Gasteiger partial charge in [-0.1, -0.05) is 0 Å². The molecule has 0 saturated heterocycles. The molecule has 0 aliphatic carbocycles. The first-order valence-electron chi connectivity index (χ1n) is 3.32. The fraction of sp³-hybridized carbons (Fsp3) is 0.667. The molecule has 2 radical (unpaired) electrons. The van der Waals surface area contributed by atoms with Crippen LogP contribution in [0.25, 0.3) is 0 Å². The summed E-state index contributed by atoms with van der Waals surface area (Å²) in [5.41, 5.74) is 0. The van der Waals surface area contributed by atoms with Crippen molar-refractivity contribution in [3.05, 3.63) is 0 Å². The maximum Gasteiger partial charge on any atom is 3.00 e. The molecule has 0 saturated carbocycles. The molecule has 0 aromatic heterocycles. The molecule has 4 atom stereocenters. The van der Waals surface area contributed by atoms with Crippen LogP contribution >= 0.6 is 0 Å². The molecule has 0 aromatic carbocycles. The van der Waals surface area contributed by atoms with Crippen molar-refractivity contribution in [1.29, 1.82) is 0 Å². The van der Waals surface area contributed by atoms with Gasteiger partial charge >= 0.3 is 32.2 Å². The van der Waals surface area contributed by atoms with Gasteiger partial charge in [-0.3, -0.25) is 0 Å². The van der Waals surface area contributed by atoms with Gasteiger partial charge < -0.3 is 46.8 Å². The van der Waals surface area contributed by atoms with Crippen molar-refractivity contribution >= 4 is 38.5 Å². The first kappa shape index (κ1) is 30.1. The quantitative estimate of drug-likeness (QED) is 0.199. The molecule has 17 heavy (non-hydrogen) atoms. The van der Waals surface area contributed by atoms with Gasteiger partial charge in [0, 0.05) is 0 Å². The molecule has 0 spiro atoms. The monoisotopic (exact) mass is 454 g/mol. The Morgan fingerprint density at radius 2 is 1.29 bits per heavy atom. The predicted molar refractivity (Wildman–Crippen MR) is 49.3 cm³/mol. The van der Waals surface area contributed by atoms with E-state index in [1.807, 2.05) is 0 Å². The van der Waals surface area contributed by atoms with E-state index in [1.165, 1.54) is 0 Å². The van der Waals surface area contributed by atoms with Gasteiger partial charge in [0.15, 0.2) is 12.4 Å². The Labute approximate surface area is 115 Å². The van der Waals surface area contributed by atoms with Gasteiger partial charge in [0.2, 0.25) is 0 Å². The van der Waals surface area contributed by atoms with E-state index in [4.69, 9.17) is 25.5 Å². The fourth-order valence-corrected chi connectivity index (χ4v) is 0.615. The minimum absolute atomic E-state index is 0. The average Bonchev–Trinajstić information content (AvgIpc) is 2.12. The number of hydrogen-bond donors (Lipinski definition) is 5. The van der Waals surface area contributed by atoms with Crippen LogP contribution in [0.3, 0.4) is 0 Å². The van der Waals surface area contributed by atoms with Crippen molar-refractivity contribution in [3.8, 4) is 0 Å². The standard InChI is InChI=1S/C6H10O7.Bi.3H2O/c7-1-2(8)3(9)4(10)5(11)6(12)13;;;;/h1-5,8-11H,(H,12,13);;3*1H2/q;+3;;;/p-3. The summed E-state index contributed by atoms with van der Waals surface area (Å²) >= 11 is 0. The molecule has 0 aliphatic heterocycles. The third-order valence-corrected chi connectivity index (χ3v) is 1.42. The summed E-state index contributed by atoms with van der Waals surface area (Å²) < 4.78 is 0. The Balaban J connectivity index is -0.000000120. The van der Waals surface area contributed by atoms with Crippen LogP contribution in [-0.2, 0) is 9.59 Å². The maximum absolute atomic E-state index is 10.1. The minimum atomic E-state index is -2.25. The van der Waals surface area contributed by atoms with Crippen LogP contribution < -0.4 is 0 Å². The zero-order valence-corrected chi connectivity index (χ0v) is 11.7. The summed E-state index contributed by atoms with van der Waals surface area (Å²) in [5.74, 6) is -1.76. The number of aldehydes is 1. The number of rotatable bonds is 5. The van der Waals surface area contributed by atoms with E-state index in [1.54, 1.807) is 0 Å². The fourth-order valence-electron chi connectivity index (χ4n) is 0.615. The average molecular weight is 454 g/mol. The number of aliphatic carboxylic acids is 1. The molecule has 0 rings (SSSR count). The first-order chi connectivity index (χ1) is 5.91. The Bertz CT molecular complexity index is 199. The third kappa shape index (κ3) is 9.44. The largest absolute Gasteiger partial charge is 3.00 e. The number of carbonyl (C=O) groups excluding carboxylic acids is 1. The number of carbonyl (C=O) groups is 2. The molecule has 11 heteroatoms. The van der Waals surface area contributed by atoms with Gasteiger partial charge in [0.05, 0.1) is 0 Å². The first-order valence-corrected chi connectivity index (χ1v) is 3.32. The second-order valence-corrected chi connectivity index (χ2v) is 2.39. The van der Waals surface area contributed by atoms with Crippen LogP contribution in [0.4, 0.5) is 0 Å². The summed E-state index contributed by atoms with van der Waals surface area (Å²) in [6.07, 6.45) is -8.39. The van der Waals surface area contributed by atoms with Gasteiger partial charge in [0.25, 0.3) is 0 Å². The van der Waals surface area contributed by atoms with E-state index in [-0.39, 0.29) is 48.9 Å². The molecule has 4 unspecified atom stereocenters. The number of aliphatic hydroxyl groups is 4. The third-order valence-electron chi connectivity index (χ3n) is 1.42. The summed E-state index contributed by atoms with van der Waals surface area (Å²) in [6.45, 7) is 0. The van der Waals surface area contributed by atoms with Gasteiger partial charge in [-0.2, -0.15) is 0 Å². The SMILES string of the molecule is O=CC(O)C(O)C(O)C(O)C(=O)O.[Bi+3].[OH-].[OH-].[OH-]. The van der Waals surface area contributed by atoms with Crippen LogP contribution in [0.1, 0.15) is 0 Å². The van der Waals surface area contributed by atoms with Crippen molar-refractivity contribution in [3.63, 3.8) is 0 Å². The van der Waals surface area contributed by atoms with Crippen molar-refractivity contribution in [2.75, 3.05) is 0 Å². The molecular weight excluding hydrogens is 441 g/mol. The van der Waals surface area contributed by atoms with E-state index in [9.17, 15) is 9.59 Å². The Morgan fingerprint density at radius 1 is 0.941 bits per heavy atom. The predicted octanol–water partition coefficient (Wildman–Crippen LogP) is -4.20. The van der Waals surface area contributed by atoms with E-state index in [2.05, 4.69) is 0 Å². The van der Waals surface area contributed by atoms with Crippen molar-refractivity contribution in [1.82, 2.24) is 0 Å². The van der Waals surface area contributed by atoms with Gasteiger partial charge in [-0.05, 0) is 0 Å². The molecule has 8 N–H and O–H groups in total. The molecule has 102 valence electrons. The van der Waals surface area contributed by atoms with Crippen molar-refractivity contribution in [2.45, 2.75) is 24.4 Å². The zero-order chi connectivity index (χ0) is 10.6. The van der Waals surface area contributed by atoms with E-state index in [0.29, 0.717) is 0 Å². The van der Waals surface area contributed by atoms with Crippen LogP contribution in [-0.4, -0.2) is 105 Å². The van der Waals surface area contributed by atoms with Crippen LogP contribution in [0, 0.1) is 0 Å². The van der Waals surface area contributed by atoms with Crippen molar-refractivity contribution < 1.29 is 51.6 Å². The Hall–Kier alpha value is -0.257. The zero-order valence-electron chi connectivity index (χ0n) is 8.23. The topological polar surface area (TPSA) is 225 Å². The molecule has 0 aliphatic rings. The second-order valence-electron chi connectivity index (χ2n) is 2.39. The number of aliphatic hydroxyl groups excluding tert-OH is 4. The van der Waals surface area contributed by atoms with E-state index >= 15 is 0 Å². The molecule has 0 aromatic rings. The molecule has 0 amide bonds. The minimum Gasteiger partial charge on any atom is -0.870 e. The summed E-state index contributed by atoms with van der Waals surface area (Å²) in [4.78, 5) is 20.0. The summed E-state index contributed by atoms with van der Waals surface area (Å²) in [5, 5.41) is 43.2. The normalized spacial score (nSPS) is 15.3. The van der Waals surface area contributed by atoms with Gasteiger partial charge in [0.1, 0.15) is 18.3 Å². The summed E-state index contributed by atoms with van der Waals surface area (Å²) in [7, 11) is 0. The summed E-state index contributed by atoms with van der Waals surface area (Å²) in [6, 6.07) is 0. The molecular formula is C6H13BiO10. The van der Waals surface area contributed by atoms with E-state index < -0.39 is 30.4 Å². The number of hydrogen-bond acceptors (Lipinski definition) is 9. The van der Waals surface area contributed by atoms with Crippen molar-refractivity contribution in [2.24, 2.45) is 0 Å². The molecule has 10 nitrogen and oxygen atoms in total. The molecule has 0 heterocycles. The van der Waals surface area contributed by atoms with Crippen LogP contribution in [0.15, 0.2) is 0 Å². The maximum atomic E-state index is 10.1. The number of carboxylic acid groups (broad SMARTS) is 1. The Kier molecular flexibility index (Phi) is 24.4. The van der Waals surface area contributed by atoms with Crippen LogP contribution in [0.2, 0.25) is 0 Å².